The number of nitrogens with zero attached hydrogens (tertiary/aromatic N) is 4. The van der Waals surface area contributed by atoms with Crippen molar-refractivity contribution in [2.75, 3.05) is 18.0 Å². The van der Waals surface area contributed by atoms with Gasteiger partial charge in [-0.3, -0.25) is 9.59 Å². The highest BCUT2D eigenvalue weighted by Gasteiger charge is 2.34. The highest BCUT2D eigenvalue weighted by Crippen LogP contribution is 2.32. The first kappa shape index (κ1) is 17.7. The first-order valence-corrected chi connectivity index (χ1v) is 7.69. The van der Waals surface area contributed by atoms with Gasteiger partial charge in [-0.2, -0.15) is 18.3 Å². The Hall–Kier alpha value is -3.10. The van der Waals surface area contributed by atoms with Gasteiger partial charge >= 0.3 is 6.18 Å². The van der Waals surface area contributed by atoms with E-state index in [0.29, 0.717) is 0 Å². The number of carbonyl (C=O) groups excluding carboxylic acids is 2. The fourth-order valence-corrected chi connectivity index (χ4v) is 2.53. The van der Waals surface area contributed by atoms with Crippen molar-refractivity contribution in [3.8, 4) is 0 Å². The van der Waals surface area contributed by atoms with Crippen LogP contribution in [0.1, 0.15) is 11.3 Å². The number of rotatable bonds is 3. The number of benzene rings is 1. The summed E-state index contributed by atoms with van der Waals surface area (Å²) in [6.07, 6.45) is -1.27. The molecule has 1 saturated heterocycles. The van der Waals surface area contributed by atoms with Gasteiger partial charge in [0.25, 0.3) is 5.91 Å². The number of aromatic nitrogens is 1. The molecule has 2 aromatic rings. The van der Waals surface area contributed by atoms with Crippen LogP contribution in [0.15, 0.2) is 47.7 Å². The highest BCUT2D eigenvalue weighted by atomic mass is 19.4. The fraction of sp³-hybridized carbons (Fsp3) is 0.235. The van der Waals surface area contributed by atoms with Crippen LogP contribution in [0.4, 0.5) is 18.9 Å². The quantitative estimate of drug-likeness (QED) is 0.785. The zero-order chi connectivity index (χ0) is 18.9. The number of hydrogen-bond acceptors (Lipinski definition) is 3. The molecule has 0 saturated carbocycles. The summed E-state index contributed by atoms with van der Waals surface area (Å²) >= 11 is 0. The zero-order valence-corrected chi connectivity index (χ0v) is 13.8. The molecule has 0 unspecified atom stereocenters. The van der Waals surface area contributed by atoms with E-state index in [4.69, 9.17) is 0 Å². The second-order valence-electron chi connectivity index (χ2n) is 5.77. The molecule has 0 N–H and O–H groups in total. The van der Waals surface area contributed by atoms with Gasteiger partial charge in [0, 0.05) is 18.9 Å². The van der Waals surface area contributed by atoms with Gasteiger partial charge in [0.05, 0.1) is 17.5 Å². The molecule has 0 atom stereocenters. The van der Waals surface area contributed by atoms with Crippen LogP contribution >= 0.6 is 0 Å². The van der Waals surface area contributed by atoms with E-state index in [0.717, 1.165) is 27.7 Å². The van der Waals surface area contributed by atoms with Gasteiger partial charge in [-0.1, -0.05) is 6.07 Å². The average Bonchev–Trinajstić information content (AvgIpc) is 2.99. The van der Waals surface area contributed by atoms with E-state index in [1.165, 1.54) is 18.3 Å². The Labute approximate surface area is 147 Å². The molecule has 1 fully saturated rings. The number of hydrazone groups is 1. The minimum absolute atomic E-state index is 0.0317. The van der Waals surface area contributed by atoms with Crippen LogP contribution in [0.25, 0.3) is 0 Å². The highest BCUT2D eigenvalue weighted by molar-refractivity contribution is 6.04. The molecule has 0 radical (unpaired) electrons. The molecule has 0 spiro atoms. The summed E-state index contributed by atoms with van der Waals surface area (Å²) in [4.78, 5) is 25.6. The van der Waals surface area contributed by atoms with Gasteiger partial charge in [0.15, 0.2) is 0 Å². The van der Waals surface area contributed by atoms with Gasteiger partial charge in [-0.05, 0) is 30.3 Å². The number of aryl methyl sites for hydroxylation is 1. The van der Waals surface area contributed by atoms with Crippen LogP contribution in [-0.4, -0.2) is 40.7 Å². The third-order valence-corrected chi connectivity index (χ3v) is 3.97. The lowest BCUT2D eigenvalue weighted by molar-refractivity contribution is -0.138. The molecule has 6 nitrogen and oxygen atoms in total. The minimum atomic E-state index is -4.52. The predicted octanol–water partition coefficient (Wildman–Crippen LogP) is 2.25. The van der Waals surface area contributed by atoms with E-state index in [-0.39, 0.29) is 18.8 Å². The SMILES string of the molecule is Cn1cccc1C=NN1CC(=O)N(c2cccc(C(F)(F)F)c2)CC1=O. The molecule has 2 heterocycles. The van der Waals surface area contributed by atoms with Crippen molar-refractivity contribution in [3.63, 3.8) is 0 Å². The molecular formula is C17H15F3N4O2. The Balaban J connectivity index is 1.77. The second-order valence-corrected chi connectivity index (χ2v) is 5.77. The Kier molecular flexibility index (Phi) is 4.54. The van der Waals surface area contributed by atoms with Crippen molar-refractivity contribution in [1.82, 2.24) is 9.58 Å². The van der Waals surface area contributed by atoms with Crippen LogP contribution < -0.4 is 4.90 Å². The Morgan fingerprint density at radius 3 is 2.50 bits per heavy atom. The Bertz CT molecular complexity index is 873. The first-order chi connectivity index (χ1) is 12.3. The Morgan fingerprint density at radius 2 is 1.85 bits per heavy atom. The number of amides is 2. The molecule has 1 aliphatic rings. The second kappa shape index (κ2) is 6.66. The first-order valence-electron chi connectivity index (χ1n) is 7.69. The van der Waals surface area contributed by atoms with E-state index in [1.807, 2.05) is 0 Å². The molecule has 1 aliphatic heterocycles. The van der Waals surface area contributed by atoms with E-state index in [1.54, 1.807) is 29.9 Å². The standard InChI is InChI=1S/C17H15F3N4O2/c1-22-7-3-6-14(22)9-21-24-11-15(25)23(10-16(24)26)13-5-2-4-12(8-13)17(18,19)20/h2-9H,10-11H2,1H3. The number of piperazine rings is 1. The molecule has 1 aromatic carbocycles. The summed E-state index contributed by atoms with van der Waals surface area (Å²) in [5, 5.41) is 5.03. The summed E-state index contributed by atoms with van der Waals surface area (Å²) in [7, 11) is 1.81. The lowest BCUT2D eigenvalue weighted by Crippen LogP contribution is -2.52. The van der Waals surface area contributed by atoms with Crippen molar-refractivity contribution in [3.05, 3.63) is 53.9 Å². The monoisotopic (exact) mass is 364 g/mol. The molecule has 3 rings (SSSR count). The third kappa shape index (κ3) is 3.61. The average molecular weight is 364 g/mol. The molecule has 136 valence electrons. The molecule has 2 amide bonds. The lowest BCUT2D eigenvalue weighted by atomic mass is 10.1. The summed E-state index contributed by atoms with van der Waals surface area (Å²) in [6.45, 7) is -0.708. The van der Waals surface area contributed by atoms with Gasteiger partial charge in [-0.25, -0.2) is 5.01 Å². The molecule has 0 bridgehead atoms. The van der Waals surface area contributed by atoms with Gasteiger partial charge in [0.2, 0.25) is 5.91 Å². The predicted molar refractivity (Wildman–Crippen MR) is 88.5 cm³/mol. The van der Waals surface area contributed by atoms with Crippen LogP contribution in [0.5, 0.6) is 0 Å². The third-order valence-electron chi connectivity index (χ3n) is 3.97. The fourth-order valence-electron chi connectivity index (χ4n) is 2.53. The van der Waals surface area contributed by atoms with Gasteiger partial charge < -0.3 is 9.47 Å². The lowest BCUT2D eigenvalue weighted by Gasteiger charge is -2.31. The molecule has 0 aliphatic carbocycles. The smallest absolute Gasteiger partial charge is 0.350 e. The minimum Gasteiger partial charge on any atom is -0.350 e. The largest absolute Gasteiger partial charge is 0.416 e. The topological polar surface area (TPSA) is 57.9 Å². The van der Waals surface area contributed by atoms with Gasteiger partial charge in [0.1, 0.15) is 13.1 Å². The summed E-state index contributed by atoms with van der Waals surface area (Å²) in [5.74, 6) is -0.986. The molecular weight excluding hydrogens is 349 g/mol. The maximum atomic E-state index is 12.8. The summed E-state index contributed by atoms with van der Waals surface area (Å²) in [6, 6.07) is 7.93. The summed E-state index contributed by atoms with van der Waals surface area (Å²) in [5.41, 5.74) is -0.103. The van der Waals surface area contributed by atoms with Crippen LogP contribution in [-0.2, 0) is 22.8 Å². The van der Waals surface area contributed by atoms with Crippen LogP contribution in [0, 0.1) is 0 Å². The van der Waals surface area contributed by atoms with Gasteiger partial charge in [-0.15, -0.1) is 0 Å². The van der Waals surface area contributed by atoms with E-state index >= 15 is 0 Å². The van der Waals surface area contributed by atoms with Crippen molar-refractivity contribution >= 4 is 23.7 Å². The maximum Gasteiger partial charge on any atom is 0.416 e. The molecule has 26 heavy (non-hydrogen) atoms. The van der Waals surface area contributed by atoms with E-state index in [9.17, 15) is 22.8 Å². The van der Waals surface area contributed by atoms with E-state index < -0.39 is 23.6 Å². The zero-order valence-electron chi connectivity index (χ0n) is 13.8. The normalized spacial score (nSPS) is 16.0. The van der Waals surface area contributed by atoms with Crippen molar-refractivity contribution < 1.29 is 22.8 Å². The van der Waals surface area contributed by atoms with Crippen molar-refractivity contribution in [1.29, 1.82) is 0 Å². The molecule has 1 aromatic heterocycles. The van der Waals surface area contributed by atoms with Crippen molar-refractivity contribution in [2.24, 2.45) is 12.1 Å². The Morgan fingerprint density at radius 1 is 1.08 bits per heavy atom. The number of anilines is 1. The van der Waals surface area contributed by atoms with Crippen LogP contribution in [0.2, 0.25) is 0 Å². The maximum absolute atomic E-state index is 12.8. The van der Waals surface area contributed by atoms with Crippen molar-refractivity contribution in [2.45, 2.75) is 6.18 Å². The molecule has 9 heteroatoms. The van der Waals surface area contributed by atoms with E-state index in [2.05, 4.69) is 5.10 Å². The van der Waals surface area contributed by atoms with Crippen LogP contribution in [0.3, 0.4) is 0 Å². The number of halogens is 3. The number of alkyl halides is 3. The number of hydrogen-bond donors (Lipinski definition) is 0. The summed E-state index contributed by atoms with van der Waals surface area (Å²) < 4.78 is 40.3. The number of carbonyl (C=O) groups is 2.